The lowest BCUT2D eigenvalue weighted by atomic mass is 9.69. The number of aliphatic hydroxyl groups excluding tert-OH is 1. The van der Waals surface area contributed by atoms with E-state index in [1.807, 2.05) is 43.3 Å². The van der Waals surface area contributed by atoms with E-state index in [2.05, 4.69) is 31.3 Å². The molecule has 30 heavy (non-hydrogen) atoms. The Hall–Kier alpha value is -2.92. The van der Waals surface area contributed by atoms with E-state index in [4.69, 9.17) is 4.98 Å². The van der Waals surface area contributed by atoms with E-state index >= 15 is 0 Å². The zero-order valence-corrected chi connectivity index (χ0v) is 17.9. The highest BCUT2D eigenvalue weighted by Crippen LogP contribution is 2.42. The van der Waals surface area contributed by atoms with Gasteiger partial charge in [-0.2, -0.15) is 0 Å². The Bertz CT molecular complexity index is 1120. The van der Waals surface area contributed by atoms with Crippen molar-refractivity contribution in [2.24, 2.45) is 0 Å². The van der Waals surface area contributed by atoms with Crippen molar-refractivity contribution < 1.29 is 5.11 Å². The van der Waals surface area contributed by atoms with Gasteiger partial charge in [0.15, 0.2) is 0 Å². The Morgan fingerprint density at radius 1 is 1.17 bits per heavy atom. The van der Waals surface area contributed by atoms with Gasteiger partial charge in [0.25, 0.3) is 5.56 Å². The normalized spacial score (nSPS) is 17.3. The Morgan fingerprint density at radius 3 is 2.60 bits per heavy atom. The van der Waals surface area contributed by atoms with Gasteiger partial charge in [-0.15, -0.1) is 0 Å². The zero-order valence-electron chi connectivity index (χ0n) is 17.9. The lowest BCUT2D eigenvalue weighted by Crippen LogP contribution is -2.39. The molecule has 0 bridgehead atoms. The van der Waals surface area contributed by atoms with Crippen molar-refractivity contribution in [2.45, 2.75) is 45.4 Å². The van der Waals surface area contributed by atoms with Gasteiger partial charge in [0.2, 0.25) is 5.95 Å². The average Bonchev–Trinajstić information content (AvgIpc) is 2.75. The molecule has 2 aromatic carbocycles. The van der Waals surface area contributed by atoms with Crippen molar-refractivity contribution in [3.8, 4) is 16.9 Å². The summed E-state index contributed by atoms with van der Waals surface area (Å²) < 4.78 is 1.69. The van der Waals surface area contributed by atoms with Crippen LogP contribution in [-0.4, -0.2) is 27.8 Å². The summed E-state index contributed by atoms with van der Waals surface area (Å²) in [6.45, 7) is 6.97. The number of nitrogens with zero attached hydrogens (tertiary/aromatic N) is 2. The second-order valence-corrected chi connectivity index (χ2v) is 8.39. The van der Waals surface area contributed by atoms with Gasteiger partial charge in [-0.1, -0.05) is 55.8 Å². The van der Waals surface area contributed by atoms with Gasteiger partial charge in [-0.05, 0) is 43.9 Å². The number of fused-ring (bicyclic) bond motifs is 3. The fourth-order valence-corrected chi connectivity index (χ4v) is 4.31. The molecular weight excluding hydrogens is 374 g/mol. The van der Waals surface area contributed by atoms with Crippen LogP contribution >= 0.6 is 0 Å². The van der Waals surface area contributed by atoms with Crippen LogP contribution in [0, 0.1) is 6.92 Å². The van der Waals surface area contributed by atoms with Crippen LogP contribution in [0.4, 0.5) is 5.95 Å². The first-order chi connectivity index (χ1) is 14.5. The van der Waals surface area contributed by atoms with Crippen molar-refractivity contribution >= 4 is 5.95 Å². The highest BCUT2D eigenvalue weighted by atomic mass is 16.3. The summed E-state index contributed by atoms with van der Waals surface area (Å²) in [5.74, 6) is 0.520. The average molecular weight is 404 g/mol. The molecule has 1 aliphatic carbocycles. The molecule has 0 unspecified atom stereocenters. The van der Waals surface area contributed by atoms with Crippen LogP contribution in [0.3, 0.4) is 0 Å². The summed E-state index contributed by atoms with van der Waals surface area (Å²) in [5, 5.41) is 12.5. The predicted molar refractivity (Wildman–Crippen MR) is 122 cm³/mol. The smallest absolute Gasteiger partial charge is 0.263 e. The van der Waals surface area contributed by atoms with Gasteiger partial charge in [0, 0.05) is 24.1 Å². The summed E-state index contributed by atoms with van der Waals surface area (Å²) in [6.07, 6.45) is 2.27. The molecule has 5 heteroatoms. The van der Waals surface area contributed by atoms with Crippen LogP contribution in [-0.2, 0) is 11.8 Å². The summed E-state index contributed by atoms with van der Waals surface area (Å²) in [7, 11) is 0. The minimum Gasteiger partial charge on any atom is -0.396 e. The zero-order chi connectivity index (χ0) is 21.3. The Balaban J connectivity index is 2.01. The van der Waals surface area contributed by atoms with Crippen molar-refractivity contribution in [3.63, 3.8) is 0 Å². The molecule has 2 N–H and O–H groups in total. The molecule has 0 fully saturated rings. The molecule has 4 rings (SSSR count). The van der Waals surface area contributed by atoms with E-state index in [-0.39, 0.29) is 17.6 Å². The third-order valence-corrected chi connectivity index (χ3v) is 6.23. The van der Waals surface area contributed by atoms with Crippen molar-refractivity contribution in [2.75, 3.05) is 18.5 Å². The van der Waals surface area contributed by atoms with Crippen molar-refractivity contribution in [1.29, 1.82) is 0 Å². The standard InChI is InChI=1S/C25H29N3O2/c1-4-25(3)16-18-8-5-6-9-20(18)22-21(25)23(30)28(19-12-10-17(2)11-13-19)24(27-22)26-14-7-15-29/h5-6,8-13,29H,4,7,14-16H2,1-3H3,(H,26,27)/t25-/m1/s1. The summed E-state index contributed by atoms with van der Waals surface area (Å²) in [6, 6.07) is 16.2. The van der Waals surface area contributed by atoms with Crippen LogP contribution in [0.5, 0.6) is 0 Å². The molecule has 3 aromatic rings. The van der Waals surface area contributed by atoms with Gasteiger partial charge < -0.3 is 10.4 Å². The number of nitrogens with one attached hydrogen (secondary N) is 1. The molecule has 156 valence electrons. The maximum atomic E-state index is 14.0. The number of benzene rings is 2. The number of anilines is 1. The first-order valence-corrected chi connectivity index (χ1v) is 10.7. The van der Waals surface area contributed by atoms with E-state index in [1.54, 1.807) is 4.57 Å². The molecule has 1 heterocycles. The summed E-state index contributed by atoms with van der Waals surface area (Å²) in [5.41, 5.74) is 5.48. The quantitative estimate of drug-likeness (QED) is 0.605. The minimum absolute atomic E-state index is 0.0193. The molecule has 0 saturated carbocycles. The lowest BCUT2D eigenvalue weighted by Gasteiger charge is -2.36. The molecular formula is C25H29N3O2. The van der Waals surface area contributed by atoms with E-state index in [1.165, 1.54) is 5.56 Å². The van der Waals surface area contributed by atoms with Gasteiger partial charge >= 0.3 is 0 Å². The van der Waals surface area contributed by atoms with Crippen molar-refractivity contribution in [3.05, 3.63) is 75.6 Å². The van der Waals surface area contributed by atoms with Crippen LogP contribution in [0.15, 0.2) is 53.3 Å². The van der Waals surface area contributed by atoms with Crippen molar-refractivity contribution in [1.82, 2.24) is 9.55 Å². The van der Waals surface area contributed by atoms with Crippen LogP contribution < -0.4 is 10.9 Å². The van der Waals surface area contributed by atoms with Crippen LogP contribution in [0.25, 0.3) is 16.9 Å². The number of hydrogen-bond acceptors (Lipinski definition) is 4. The molecule has 1 aromatic heterocycles. The molecule has 0 saturated heterocycles. The maximum Gasteiger partial charge on any atom is 0.263 e. The fraction of sp³-hybridized carbons (Fsp3) is 0.360. The monoisotopic (exact) mass is 403 g/mol. The Labute approximate surface area is 177 Å². The van der Waals surface area contributed by atoms with Gasteiger partial charge in [-0.3, -0.25) is 4.79 Å². The van der Waals surface area contributed by atoms with Crippen LogP contribution in [0.2, 0.25) is 0 Å². The highest BCUT2D eigenvalue weighted by molar-refractivity contribution is 5.73. The van der Waals surface area contributed by atoms with E-state index < -0.39 is 0 Å². The second kappa shape index (κ2) is 8.07. The highest BCUT2D eigenvalue weighted by Gasteiger charge is 2.38. The number of aromatic nitrogens is 2. The second-order valence-electron chi connectivity index (χ2n) is 8.39. The Kier molecular flexibility index (Phi) is 5.48. The van der Waals surface area contributed by atoms with Gasteiger partial charge in [-0.25, -0.2) is 9.55 Å². The number of aryl methyl sites for hydroxylation is 1. The minimum atomic E-state index is -0.274. The molecule has 5 nitrogen and oxygen atoms in total. The molecule has 0 amide bonds. The number of rotatable bonds is 6. The first-order valence-electron chi connectivity index (χ1n) is 10.7. The maximum absolute atomic E-state index is 14.0. The molecule has 0 aliphatic heterocycles. The van der Waals surface area contributed by atoms with Gasteiger partial charge in [0.05, 0.1) is 16.9 Å². The molecule has 1 aliphatic rings. The lowest BCUT2D eigenvalue weighted by molar-refractivity contribution is 0.292. The molecule has 1 atom stereocenters. The summed E-state index contributed by atoms with van der Waals surface area (Å²) in [4.78, 5) is 19.0. The van der Waals surface area contributed by atoms with E-state index in [0.717, 1.165) is 40.9 Å². The molecule has 0 spiro atoms. The third kappa shape index (κ3) is 3.43. The van der Waals surface area contributed by atoms with Crippen LogP contribution in [0.1, 0.15) is 43.4 Å². The number of hydrogen-bond donors (Lipinski definition) is 2. The largest absolute Gasteiger partial charge is 0.396 e. The fourth-order valence-electron chi connectivity index (χ4n) is 4.31. The molecule has 0 radical (unpaired) electrons. The predicted octanol–water partition coefficient (Wildman–Crippen LogP) is 4.23. The van der Waals surface area contributed by atoms with E-state index in [9.17, 15) is 9.90 Å². The van der Waals surface area contributed by atoms with E-state index in [0.29, 0.717) is 18.9 Å². The SMILES string of the molecule is CC[C@]1(C)Cc2ccccc2-c2nc(NCCCO)n(-c3ccc(C)cc3)c(=O)c21. The first kappa shape index (κ1) is 20.4. The van der Waals surface area contributed by atoms with Gasteiger partial charge in [0.1, 0.15) is 0 Å². The topological polar surface area (TPSA) is 67.2 Å². The Morgan fingerprint density at radius 2 is 1.90 bits per heavy atom. The number of aliphatic hydroxyl groups is 1. The summed E-state index contributed by atoms with van der Waals surface area (Å²) >= 11 is 0. The third-order valence-electron chi connectivity index (χ3n) is 6.23.